The van der Waals surface area contributed by atoms with E-state index in [2.05, 4.69) is 15.5 Å². The van der Waals surface area contributed by atoms with E-state index in [0.29, 0.717) is 27.6 Å². The zero-order chi connectivity index (χ0) is 19.4. The predicted octanol–water partition coefficient (Wildman–Crippen LogP) is 4.75. The summed E-state index contributed by atoms with van der Waals surface area (Å²) in [5, 5.41) is 11.8. The molecule has 0 aliphatic heterocycles. The number of nitrogens with one attached hydrogen (secondary N) is 1. The summed E-state index contributed by atoms with van der Waals surface area (Å²) in [6.45, 7) is 3.83. The van der Waals surface area contributed by atoms with Crippen LogP contribution in [0.5, 0.6) is 5.75 Å². The van der Waals surface area contributed by atoms with Crippen LogP contribution in [0.2, 0.25) is 5.02 Å². The maximum absolute atomic E-state index is 12.3. The molecule has 0 unspecified atom stereocenters. The van der Waals surface area contributed by atoms with Gasteiger partial charge in [-0.05, 0) is 37.1 Å². The number of carbonyl (C=O) groups excluding carboxylic acids is 1. The molecule has 1 amide bonds. The second kappa shape index (κ2) is 8.45. The lowest BCUT2D eigenvalue weighted by molar-refractivity contribution is -0.113. The van der Waals surface area contributed by atoms with Crippen molar-refractivity contribution >= 4 is 35.0 Å². The fourth-order valence-electron chi connectivity index (χ4n) is 2.43. The van der Waals surface area contributed by atoms with Crippen LogP contribution >= 0.6 is 23.4 Å². The first-order valence-corrected chi connectivity index (χ1v) is 9.50. The molecule has 8 heteroatoms. The van der Waals surface area contributed by atoms with Gasteiger partial charge in [0.15, 0.2) is 0 Å². The van der Waals surface area contributed by atoms with Gasteiger partial charge in [0.25, 0.3) is 5.22 Å². The molecule has 0 aliphatic carbocycles. The Morgan fingerprint density at radius 3 is 2.74 bits per heavy atom. The molecule has 0 atom stereocenters. The van der Waals surface area contributed by atoms with Crippen molar-refractivity contribution in [3.05, 3.63) is 52.5 Å². The van der Waals surface area contributed by atoms with E-state index in [1.807, 2.05) is 38.1 Å². The van der Waals surface area contributed by atoms with Gasteiger partial charge in [0.05, 0.1) is 18.6 Å². The van der Waals surface area contributed by atoms with Gasteiger partial charge >= 0.3 is 0 Å². The first kappa shape index (κ1) is 19.3. The van der Waals surface area contributed by atoms with Crippen molar-refractivity contribution in [2.45, 2.75) is 19.1 Å². The highest BCUT2D eigenvalue weighted by atomic mass is 35.5. The minimum absolute atomic E-state index is 0.125. The van der Waals surface area contributed by atoms with Crippen LogP contribution in [0.25, 0.3) is 11.5 Å². The van der Waals surface area contributed by atoms with Crippen LogP contribution < -0.4 is 10.1 Å². The van der Waals surface area contributed by atoms with Gasteiger partial charge < -0.3 is 14.5 Å². The van der Waals surface area contributed by atoms with Crippen LogP contribution in [0.15, 0.2) is 46.0 Å². The second-order valence-electron chi connectivity index (χ2n) is 5.83. The maximum Gasteiger partial charge on any atom is 0.277 e. The molecule has 0 bridgehead atoms. The molecule has 27 heavy (non-hydrogen) atoms. The number of ether oxygens (including phenoxy) is 1. The lowest BCUT2D eigenvalue weighted by atomic mass is 10.1. The molecule has 3 aromatic rings. The van der Waals surface area contributed by atoms with Crippen LogP contribution in [0.1, 0.15) is 11.1 Å². The van der Waals surface area contributed by atoms with E-state index in [0.717, 1.165) is 16.7 Å². The van der Waals surface area contributed by atoms with Crippen molar-refractivity contribution in [3.63, 3.8) is 0 Å². The third-order valence-corrected chi connectivity index (χ3v) is 5.09. The maximum atomic E-state index is 12.3. The van der Waals surface area contributed by atoms with Crippen molar-refractivity contribution in [2.75, 3.05) is 18.2 Å². The molecule has 1 aromatic heterocycles. The smallest absolute Gasteiger partial charge is 0.277 e. The van der Waals surface area contributed by atoms with Gasteiger partial charge in [-0.25, -0.2) is 0 Å². The molecule has 0 fully saturated rings. The van der Waals surface area contributed by atoms with Gasteiger partial charge in [0.1, 0.15) is 5.75 Å². The third kappa shape index (κ3) is 4.61. The van der Waals surface area contributed by atoms with E-state index < -0.39 is 0 Å². The van der Waals surface area contributed by atoms with Crippen LogP contribution in [-0.2, 0) is 4.79 Å². The van der Waals surface area contributed by atoms with Crippen molar-refractivity contribution in [1.82, 2.24) is 10.2 Å². The average Bonchev–Trinajstić information content (AvgIpc) is 3.12. The number of amides is 1. The van der Waals surface area contributed by atoms with Crippen LogP contribution in [-0.4, -0.2) is 29.0 Å². The van der Waals surface area contributed by atoms with E-state index >= 15 is 0 Å². The Labute approximate surface area is 166 Å². The van der Waals surface area contributed by atoms with Gasteiger partial charge in [-0.15, -0.1) is 10.2 Å². The van der Waals surface area contributed by atoms with E-state index in [9.17, 15) is 4.79 Å². The monoisotopic (exact) mass is 403 g/mol. The number of rotatable bonds is 6. The molecule has 0 saturated carbocycles. The zero-order valence-corrected chi connectivity index (χ0v) is 16.6. The highest BCUT2D eigenvalue weighted by molar-refractivity contribution is 7.99. The zero-order valence-electron chi connectivity index (χ0n) is 15.1. The average molecular weight is 404 g/mol. The molecular weight excluding hydrogens is 386 g/mol. The Kier molecular flexibility index (Phi) is 6.03. The number of benzene rings is 2. The Morgan fingerprint density at radius 2 is 2.00 bits per heavy atom. The summed E-state index contributed by atoms with van der Waals surface area (Å²) >= 11 is 7.25. The minimum Gasteiger partial charge on any atom is -0.495 e. The summed E-state index contributed by atoms with van der Waals surface area (Å²) < 4.78 is 10.9. The molecule has 6 nitrogen and oxygen atoms in total. The third-order valence-electron chi connectivity index (χ3n) is 3.86. The van der Waals surface area contributed by atoms with Crippen molar-refractivity contribution in [2.24, 2.45) is 0 Å². The van der Waals surface area contributed by atoms with E-state index in [4.69, 9.17) is 20.8 Å². The number of halogens is 1. The lowest BCUT2D eigenvalue weighted by Gasteiger charge is -2.11. The fraction of sp³-hybridized carbons (Fsp3) is 0.211. The second-order valence-corrected chi connectivity index (χ2v) is 7.16. The summed E-state index contributed by atoms with van der Waals surface area (Å²) in [6.07, 6.45) is 0. The number of hydrogen-bond acceptors (Lipinski definition) is 6. The molecule has 1 N–H and O–H groups in total. The molecule has 1 heterocycles. The molecule has 0 spiro atoms. The number of methoxy groups -OCH3 is 1. The van der Waals surface area contributed by atoms with Gasteiger partial charge in [-0.2, -0.15) is 0 Å². The number of carbonyl (C=O) groups is 1. The van der Waals surface area contributed by atoms with Crippen molar-refractivity contribution in [1.29, 1.82) is 0 Å². The minimum atomic E-state index is -0.212. The van der Waals surface area contributed by atoms with E-state index in [1.54, 1.807) is 12.1 Å². The Hall–Kier alpha value is -2.51. The summed E-state index contributed by atoms with van der Waals surface area (Å²) in [6, 6.07) is 11.2. The predicted molar refractivity (Wildman–Crippen MR) is 107 cm³/mol. The largest absolute Gasteiger partial charge is 0.495 e. The Bertz CT molecular complexity index is 975. The van der Waals surface area contributed by atoms with E-state index in [1.165, 1.54) is 18.9 Å². The fourth-order valence-corrected chi connectivity index (χ4v) is 3.15. The molecule has 0 saturated heterocycles. The van der Waals surface area contributed by atoms with Crippen LogP contribution in [0.3, 0.4) is 0 Å². The molecule has 2 aromatic carbocycles. The summed E-state index contributed by atoms with van der Waals surface area (Å²) in [5.74, 6) is 0.852. The number of aromatic nitrogens is 2. The summed E-state index contributed by atoms with van der Waals surface area (Å²) in [5.41, 5.74) is 3.33. The van der Waals surface area contributed by atoms with Gasteiger partial charge in [0, 0.05) is 16.7 Å². The summed E-state index contributed by atoms with van der Waals surface area (Å²) in [4.78, 5) is 12.3. The highest BCUT2D eigenvalue weighted by Crippen LogP contribution is 2.31. The SMILES string of the molecule is COc1cc(Cl)c(C)cc1NC(=O)CSc1nnc(-c2ccccc2C)o1. The topological polar surface area (TPSA) is 77.2 Å². The summed E-state index contributed by atoms with van der Waals surface area (Å²) in [7, 11) is 1.52. The van der Waals surface area contributed by atoms with Crippen LogP contribution in [0, 0.1) is 13.8 Å². The molecule has 3 rings (SSSR count). The van der Waals surface area contributed by atoms with Crippen LogP contribution in [0.4, 0.5) is 5.69 Å². The Balaban J connectivity index is 1.64. The Morgan fingerprint density at radius 1 is 1.22 bits per heavy atom. The van der Waals surface area contributed by atoms with Gasteiger partial charge in [-0.1, -0.05) is 41.6 Å². The first-order chi connectivity index (χ1) is 13.0. The quantitative estimate of drug-likeness (QED) is 0.598. The molecule has 0 radical (unpaired) electrons. The first-order valence-electron chi connectivity index (χ1n) is 8.14. The normalized spacial score (nSPS) is 10.7. The number of nitrogens with zero attached hydrogens (tertiary/aromatic N) is 2. The van der Waals surface area contributed by atoms with Crippen molar-refractivity contribution in [3.8, 4) is 17.2 Å². The van der Waals surface area contributed by atoms with E-state index in [-0.39, 0.29) is 11.7 Å². The van der Waals surface area contributed by atoms with Gasteiger partial charge in [0.2, 0.25) is 11.8 Å². The number of aryl methyl sites for hydroxylation is 2. The van der Waals surface area contributed by atoms with Gasteiger partial charge in [-0.3, -0.25) is 4.79 Å². The number of thioether (sulfide) groups is 1. The number of hydrogen-bond donors (Lipinski definition) is 1. The molecular formula is C19H18ClN3O3S. The molecule has 0 aliphatic rings. The molecule has 140 valence electrons. The van der Waals surface area contributed by atoms with Crippen molar-refractivity contribution < 1.29 is 13.9 Å². The number of anilines is 1. The lowest BCUT2D eigenvalue weighted by Crippen LogP contribution is -2.15. The standard InChI is InChI=1S/C19H18ClN3O3S/c1-11-6-4-5-7-13(11)18-22-23-19(26-18)27-10-17(24)21-15-8-12(2)14(20)9-16(15)25-3/h4-9H,10H2,1-3H3,(H,21,24). The highest BCUT2D eigenvalue weighted by Gasteiger charge is 2.14.